The Balaban J connectivity index is 3.34. The minimum Gasteiger partial charge on any atom is -0.369 e. The van der Waals surface area contributed by atoms with E-state index in [9.17, 15) is 0 Å². The van der Waals surface area contributed by atoms with Gasteiger partial charge in [-0.25, -0.2) is 0 Å². The van der Waals surface area contributed by atoms with E-state index in [1.54, 1.807) is 15.0 Å². The molecule has 4 nitrogen and oxygen atoms in total. The largest absolute Gasteiger partial charge is 0.369 e. The highest BCUT2D eigenvalue weighted by atomic mass is 127. The minimum absolute atomic E-state index is 0.195. The number of aromatic nitrogens is 2. The quantitative estimate of drug-likeness (QED) is 0.629. The minimum atomic E-state index is 0.195. The van der Waals surface area contributed by atoms with E-state index in [4.69, 9.17) is 11.1 Å². The lowest BCUT2D eigenvalue weighted by atomic mass is 10.6. The van der Waals surface area contributed by atoms with Crippen molar-refractivity contribution in [2.45, 2.75) is 0 Å². The van der Waals surface area contributed by atoms with Gasteiger partial charge in [0.05, 0.1) is 22.9 Å². The molecule has 0 radical (unpaired) electrons. The third-order valence-corrected chi connectivity index (χ3v) is 1.63. The Kier molecular flexibility index (Phi) is 1.70. The van der Waals surface area contributed by atoms with E-state index in [-0.39, 0.29) is 5.49 Å². The summed E-state index contributed by atoms with van der Waals surface area (Å²) >= 11 is 1.99. The second-order valence-corrected chi connectivity index (χ2v) is 2.52. The van der Waals surface area contributed by atoms with E-state index < -0.39 is 0 Å². The standard InChI is InChI=1S/C4H5IN4/c5-9-2-1-3(6)8-4(9)7/h1-2H,(H3,6,7,8). The zero-order valence-electron chi connectivity index (χ0n) is 4.50. The van der Waals surface area contributed by atoms with Crippen molar-refractivity contribution in [2.75, 3.05) is 5.73 Å². The van der Waals surface area contributed by atoms with E-state index in [1.807, 2.05) is 22.9 Å². The molecule has 0 fully saturated rings. The van der Waals surface area contributed by atoms with Crippen LogP contribution in [0, 0.1) is 5.41 Å². The molecule has 0 spiro atoms. The van der Waals surface area contributed by atoms with Crippen LogP contribution in [0.1, 0.15) is 0 Å². The van der Waals surface area contributed by atoms with E-state index in [1.165, 1.54) is 0 Å². The number of hydrogen-bond acceptors (Lipinski definition) is 3. The first-order chi connectivity index (χ1) is 4.20. The summed E-state index contributed by atoms with van der Waals surface area (Å²) in [5.74, 6) is 0.350. The Hall–Kier alpha value is -0.590. The molecule has 0 amide bonds. The SMILES string of the molecule is N=c1ccn(I)c(N)n1. The first kappa shape index (κ1) is 6.53. The first-order valence-electron chi connectivity index (χ1n) is 2.26. The van der Waals surface area contributed by atoms with Gasteiger partial charge < -0.3 is 5.73 Å². The van der Waals surface area contributed by atoms with Gasteiger partial charge in [-0.1, -0.05) is 0 Å². The summed E-state index contributed by atoms with van der Waals surface area (Å²) < 4.78 is 1.62. The molecule has 5 heteroatoms. The number of hydrogen-bond donors (Lipinski definition) is 2. The fourth-order valence-corrected chi connectivity index (χ4v) is 0.690. The second kappa shape index (κ2) is 2.34. The molecule has 0 saturated carbocycles. The molecule has 0 saturated heterocycles. The number of nitrogen functional groups attached to an aromatic ring is 1. The molecule has 0 atom stereocenters. The Morgan fingerprint density at radius 1 is 1.78 bits per heavy atom. The molecule has 1 heterocycles. The molecule has 3 N–H and O–H groups in total. The number of nitrogens with two attached hydrogens (primary N) is 1. The molecule has 0 unspecified atom stereocenters. The van der Waals surface area contributed by atoms with Crippen LogP contribution in [0.15, 0.2) is 12.3 Å². The predicted molar refractivity (Wildman–Crippen MR) is 41.9 cm³/mol. The van der Waals surface area contributed by atoms with Crippen LogP contribution < -0.4 is 11.2 Å². The number of halogens is 1. The van der Waals surface area contributed by atoms with Crippen LogP contribution in [-0.2, 0) is 0 Å². The molecule has 0 aromatic carbocycles. The molecule has 0 bridgehead atoms. The maximum absolute atomic E-state index is 7.02. The van der Waals surface area contributed by atoms with Crippen molar-refractivity contribution in [3.05, 3.63) is 17.8 Å². The van der Waals surface area contributed by atoms with Gasteiger partial charge in [-0.05, 0) is 6.07 Å². The van der Waals surface area contributed by atoms with Crippen LogP contribution in [-0.4, -0.2) is 7.76 Å². The van der Waals surface area contributed by atoms with Gasteiger partial charge in [-0.3, -0.25) is 8.19 Å². The summed E-state index contributed by atoms with van der Waals surface area (Å²) in [6, 6.07) is 1.57. The topological polar surface area (TPSA) is 67.7 Å². The van der Waals surface area contributed by atoms with Gasteiger partial charge in [0.25, 0.3) is 0 Å². The Morgan fingerprint density at radius 3 is 2.89 bits per heavy atom. The monoisotopic (exact) mass is 236 g/mol. The van der Waals surface area contributed by atoms with Crippen molar-refractivity contribution in [1.82, 2.24) is 7.76 Å². The average molecular weight is 236 g/mol. The smallest absolute Gasteiger partial charge is 0.211 e. The zero-order valence-corrected chi connectivity index (χ0v) is 6.66. The highest BCUT2D eigenvalue weighted by Crippen LogP contribution is 1.97. The van der Waals surface area contributed by atoms with Crippen LogP contribution >= 0.6 is 22.9 Å². The van der Waals surface area contributed by atoms with Crippen molar-refractivity contribution < 1.29 is 0 Å². The molecule has 1 rings (SSSR count). The van der Waals surface area contributed by atoms with Gasteiger partial charge in [0.1, 0.15) is 5.49 Å². The lowest BCUT2D eigenvalue weighted by Crippen LogP contribution is -2.10. The molecule has 0 aliphatic carbocycles. The molecule has 1 aromatic rings. The first-order valence-corrected chi connectivity index (χ1v) is 3.22. The van der Waals surface area contributed by atoms with Crippen LogP contribution in [0.4, 0.5) is 5.95 Å². The van der Waals surface area contributed by atoms with Crippen molar-refractivity contribution in [2.24, 2.45) is 0 Å². The zero-order chi connectivity index (χ0) is 6.85. The summed E-state index contributed by atoms with van der Waals surface area (Å²) in [5, 5.41) is 7.02. The summed E-state index contributed by atoms with van der Waals surface area (Å²) in [7, 11) is 0. The summed E-state index contributed by atoms with van der Waals surface area (Å²) in [6.45, 7) is 0. The van der Waals surface area contributed by atoms with Gasteiger partial charge in [0.2, 0.25) is 5.95 Å². The molecule has 1 aromatic heterocycles. The maximum atomic E-state index is 7.02. The Labute approximate surface area is 65.7 Å². The summed E-state index contributed by atoms with van der Waals surface area (Å²) in [6.07, 6.45) is 1.69. The Bertz CT molecular complexity index is 266. The van der Waals surface area contributed by atoms with E-state index in [0.29, 0.717) is 5.95 Å². The van der Waals surface area contributed by atoms with Crippen LogP contribution in [0.5, 0.6) is 0 Å². The number of nitrogens with zero attached hydrogens (tertiary/aromatic N) is 2. The third-order valence-electron chi connectivity index (χ3n) is 0.817. The molecule has 9 heavy (non-hydrogen) atoms. The van der Waals surface area contributed by atoms with Gasteiger partial charge in [0.15, 0.2) is 0 Å². The van der Waals surface area contributed by atoms with Gasteiger partial charge in [-0.15, -0.1) is 0 Å². The Morgan fingerprint density at radius 2 is 2.44 bits per heavy atom. The normalized spacial score (nSPS) is 9.44. The van der Waals surface area contributed by atoms with Crippen LogP contribution in [0.2, 0.25) is 0 Å². The van der Waals surface area contributed by atoms with Gasteiger partial charge in [-0.2, -0.15) is 4.98 Å². The van der Waals surface area contributed by atoms with Crippen molar-refractivity contribution in [1.29, 1.82) is 5.41 Å². The lowest BCUT2D eigenvalue weighted by Gasteiger charge is -1.95. The van der Waals surface area contributed by atoms with Crippen molar-refractivity contribution in [3.63, 3.8) is 0 Å². The number of anilines is 1. The fourth-order valence-electron chi connectivity index (χ4n) is 0.421. The highest BCUT2D eigenvalue weighted by molar-refractivity contribution is 14.1. The van der Waals surface area contributed by atoms with Crippen LogP contribution in [0.25, 0.3) is 0 Å². The third kappa shape index (κ3) is 1.41. The molecular formula is C4H5IN4. The summed E-state index contributed by atoms with van der Waals surface area (Å²) in [4.78, 5) is 3.67. The van der Waals surface area contributed by atoms with E-state index in [0.717, 1.165) is 0 Å². The van der Waals surface area contributed by atoms with E-state index >= 15 is 0 Å². The maximum Gasteiger partial charge on any atom is 0.211 e. The second-order valence-electron chi connectivity index (χ2n) is 1.48. The average Bonchev–Trinajstić information content (AvgIpc) is 1.80. The fraction of sp³-hybridized carbons (Fsp3) is 0. The number of nitrogens with one attached hydrogen (secondary N) is 1. The number of rotatable bonds is 0. The van der Waals surface area contributed by atoms with Crippen molar-refractivity contribution >= 4 is 28.8 Å². The highest BCUT2D eigenvalue weighted by Gasteiger charge is 1.88. The van der Waals surface area contributed by atoms with Crippen LogP contribution in [0.3, 0.4) is 0 Å². The molecule has 48 valence electrons. The lowest BCUT2D eigenvalue weighted by molar-refractivity contribution is 1.04. The van der Waals surface area contributed by atoms with E-state index in [2.05, 4.69) is 4.98 Å². The molecular weight excluding hydrogens is 231 g/mol. The molecule has 0 aliphatic heterocycles. The van der Waals surface area contributed by atoms with Gasteiger partial charge in [0, 0.05) is 6.20 Å². The predicted octanol–water partition coefficient (Wildman–Crippen LogP) is 0.143. The molecule has 0 aliphatic rings. The van der Waals surface area contributed by atoms with Gasteiger partial charge >= 0.3 is 0 Å². The summed E-state index contributed by atoms with van der Waals surface area (Å²) in [5.41, 5.74) is 5.54. The van der Waals surface area contributed by atoms with Crippen molar-refractivity contribution in [3.8, 4) is 0 Å².